The standard InChI is InChI=1S/C19H23BF2N2O/c1-4-24(5-2)18-12-11-17(19(13-18)25-20(21)22)14-23-15(3)16-9-7-6-8-10-16/h6-15H,4-5H2,1-3H3. The van der Waals surface area contributed by atoms with Gasteiger partial charge in [-0.1, -0.05) is 30.3 Å². The Kier molecular flexibility index (Phi) is 6.98. The van der Waals surface area contributed by atoms with E-state index >= 15 is 0 Å². The maximum atomic E-state index is 12.8. The molecule has 0 spiro atoms. The van der Waals surface area contributed by atoms with Gasteiger partial charge in [-0.25, -0.2) is 8.63 Å². The fourth-order valence-corrected chi connectivity index (χ4v) is 2.62. The monoisotopic (exact) mass is 344 g/mol. The van der Waals surface area contributed by atoms with E-state index in [1.165, 1.54) is 0 Å². The summed E-state index contributed by atoms with van der Waals surface area (Å²) in [5, 5.41) is 0. The highest BCUT2D eigenvalue weighted by atomic mass is 19.2. The van der Waals surface area contributed by atoms with Crippen molar-refractivity contribution in [3.63, 3.8) is 0 Å². The predicted octanol–water partition coefficient (Wildman–Crippen LogP) is 5.02. The lowest BCUT2D eigenvalue weighted by atomic mass is 10.1. The van der Waals surface area contributed by atoms with Crippen molar-refractivity contribution in [2.24, 2.45) is 4.99 Å². The minimum atomic E-state index is -2.87. The smallest absolute Gasteiger partial charge is 0.505 e. The molecule has 0 fully saturated rings. The van der Waals surface area contributed by atoms with Gasteiger partial charge < -0.3 is 9.55 Å². The molecule has 0 saturated heterocycles. The second kappa shape index (κ2) is 9.21. The van der Waals surface area contributed by atoms with Crippen LogP contribution in [-0.4, -0.2) is 26.8 Å². The van der Waals surface area contributed by atoms with Gasteiger partial charge in [0.2, 0.25) is 0 Å². The minimum absolute atomic E-state index is 0.0666. The van der Waals surface area contributed by atoms with Gasteiger partial charge in [0.1, 0.15) is 5.75 Å². The first kappa shape index (κ1) is 19.0. The fourth-order valence-electron chi connectivity index (χ4n) is 2.62. The molecule has 0 aliphatic carbocycles. The second-order valence-electron chi connectivity index (χ2n) is 5.64. The third-order valence-corrected chi connectivity index (χ3v) is 4.06. The zero-order chi connectivity index (χ0) is 18.2. The van der Waals surface area contributed by atoms with Crippen LogP contribution in [0.3, 0.4) is 0 Å². The van der Waals surface area contributed by atoms with Crippen molar-refractivity contribution in [1.29, 1.82) is 0 Å². The Morgan fingerprint density at radius 2 is 1.80 bits per heavy atom. The van der Waals surface area contributed by atoms with E-state index in [1.54, 1.807) is 18.3 Å². The summed E-state index contributed by atoms with van der Waals surface area (Å²) in [4.78, 5) is 6.56. The quantitative estimate of drug-likeness (QED) is 0.496. The van der Waals surface area contributed by atoms with Gasteiger partial charge in [-0.3, -0.25) is 4.99 Å². The van der Waals surface area contributed by atoms with Gasteiger partial charge in [-0.05, 0) is 38.5 Å². The highest BCUT2D eigenvalue weighted by Gasteiger charge is 2.20. The van der Waals surface area contributed by atoms with Crippen molar-refractivity contribution in [2.75, 3.05) is 18.0 Å². The number of halogens is 2. The van der Waals surface area contributed by atoms with Gasteiger partial charge in [0.05, 0.1) is 6.04 Å². The molecule has 0 saturated carbocycles. The largest absolute Gasteiger partial charge is 0.796 e. The third kappa shape index (κ3) is 5.31. The zero-order valence-corrected chi connectivity index (χ0v) is 14.8. The normalized spacial score (nSPS) is 12.2. The van der Waals surface area contributed by atoms with Crippen LogP contribution >= 0.6 is 0 Å². The molecule has 0 radical (unpaired) electrons. The first-order valence-electron chi connectivity index (χ1n) is 8.47. The number of rotatable bonds is 8. The molecule has 0 N–H and O–H groups in total. The Balaban J connectivity index is 2.27. The number of benzene rings is 2. The lowest BCUT2D eigenvalue weighted by Crippen LogP contribution is -2.22. The Bertz CT molecular complexity index is 691. The molecule has 3 nitrogen and oxygen atoms in total. The summed E-state index contributed by atoms with van der Waals surface area (Å²) < 4.78 is 30.3. The Labute approximate surface area is 148 Å². The van der Waals surface area contributed by atoms with E-state index in [0.717, 1.165) is 24.3 Å². The summed E-state index contributed by atoms with van der Waals surface area (Å²) in [6.45, 7) is 7.60. The molecule has 25 heavy (non-hydrogen) atoms. The molecule has 132 valence electrons. The molecular formula is C19H23BF2N2O. The zero-order valence-electron chi connectivity index (χ0n) is 14.8. The molecule has 0 aliphatic heterocycles. The van der Waals surface area contributed by atoms with Crippen LogP contribution < -0.4 is 9.55 Å². The molecule has 6 heteroatoms. The van der Waals surface area contributed by atoms with Gasteiger partial charge in [-0.2, -0.15) is 0 Å². The molecule has 0 heterocycles. The third-order valence-electron chi connectivity index (χ3n) is 4.06. The lowest BCUT2D eigenvalue weighted by Gasteiger charge is -2.22. The predicted molar refractivity (Wildman–Crippen MR) is 101 cm³/mol. The van der Waals surface area contributed by atoms with Gasteiger partial charge >= 0.3 is 7.47 Å². The molecule has 2 aromatic rings. The molecule has 0 aromatic heterocycles. The van der Waals surface area contributed by atoms with E-state index in [0.29, 0.717) is 5.56 Å². The molecule has 1 unspecified atom stereocenters. The Morgan fingerprint density at radius 1 is 1.12 bits per heavy atom. The maximum Gasteiger partial charge on any atom is 0.796 e. The Hall–Kier alpha value is -2.37. The average Bonchev–Trinajstić information content (AvgIpc) is 2.62. The van der Waals surface area contributed by atoms with Crippen LogP contribution in [0.1, 0.15) is 37.9 Å². The maximum absolute atomic E-state index is 12.8. The van der Waals surface area contributed by atoms with Crippen molar-refractivity contribution in [3.05, 3.63) is 59.7 Å². The summed E-state index contributed by atoms with van der Waals surface area (Å²) in [7, 11) is -2.87. The average molecular weight is 344 g/mol. The van der Waals surface area contributed by atoms with E-state index in [2.05, 4.69) is 9.89 Å². The topological polar surface area (TPSA) is 24.8 Å². The summed E-state index contributed by atoms with van der Waals surface area (Å²) >= 11 is 0. The van der Waals surface area contributed by atoms with Crippen LogP contribution in [0, 0.1) is 0 Å². The van der Waals surface area contributed by atoms with E-state index in [1.807, 2.05) is 57.2 Å². The molecule has 0 aliphatic rings. The van der Waals surface area contributed by atoms with Crippen LogP contribution in [0.5, 0.6) is 5.75 Å². The molecule has 0 amide bonds. The highest BCUT2D eigenvalue weighted by Crippen LogP contribution is 2.26. The van der Waals surface area contributed by atoms with Gasteiger partial charge in [0.25, 0.3) is 0 Å². The molecular weight excluding hydrogens is 321 g/mol. The SMILES string of the molecule is CCN(CC)c1ccc(C=NC(C)c2ccccc2)c(OB(F)F)c1. The van der Waals surface area contributed by atoms with Gasteiger partial charge in [0.15, 0.2) is 0 Å². The number of hydrogen-bond donors (Lipinski definition) is 0. The molecule has 2 aromatic carbocycles. The lowest BCUT2D eigenvalue weighted by molar-refractivity contribution is 0.425. The van der Waals surface area contributed by atoms with E-state index in [-0.39, 0.29) is 11.8 Å². The molecule has 2 rings (SSSR count). The number of nitrogens with zero attached hydrogens (tertiary/aromatic N) is 2. The first-order valence-corrected chi connectivity index (χ1v) is 8.47. The van der Waals surface area contributed by atoms with Crippen molar-refractivity contribution in [1.82, 2.24) is 0 Å². The summed E-state index contributed by atoms with van der Waals surface area (Å²) in [5.74, 6) is 0.142. The first-order chi connectivity index (χ1) is 12.0. The summed E-state index contributed by atoms with van der Waals surface area (Å²) in [6.07, 6.45) is 1.60. The van der Waals surface area contributed by atoms with E-state index in [9.17, 15) is 8.63 Å². The number of aliphatic imine (C=N–C) groups is 1. The van der Waals surface area contributed by atoms with E-state index < -0.39 is 7.47 Å². The van der Waals surface area contributed by atoms with Crippen molar-refractivity contribution >= 4 is 19.4 Å². The Morgan fingerprint density at radius 3 is 2.40 bits per heavy atom. The minimum Gasteiger partial charge on any atom is -0.505 e. The summed E-state index contributed by atoms with van der Waals surface area (Å²) in [5.41, 5.74) is 2.46. The molecule has 1 atom stereocenters. The van der Waals surface area contributed by atoms with Crippen LogP contribution in [0.4, 0.5) is 14.3 Å². The van der Waals surface area contributed by atoms with Crippen molar-refractivity contribution in [2.45, 2.75) is 26.8 Å². The van der Waals surface area contributed by atoms with Crippen LogP contribution in [0.15, 0.2) is 53.5 Å². The second-order valence-corrected chi connectivity index (χ2v) is 5.64. The highest BCUT2D eigenvalue weighted by molar-refractivity contribution is 6.35. The molecule has 0 bridgehead atoms. The van der Waals surface area contributed by atoms with Crippen LogP contribution in [0.2, 0.25) is 0 Å². The van der Waals surface area contributed by atoms with Crippen LogP contribution in [-0.2, 0) is 0 Å². The van der Waals surface area contributed by atoms with Crippen molar-refractivity contribution < 1.29 is 13.3 Å². The van der Waals surface area contributed by atoms with E-state index in [4.69, 9.17) is 4.65 Å². The number of anilines is 1. The van der Waals surface area contributed by atoms with Gasteiger partial charge in [0, 0.05) is 36.6 Å². The number of hydrogen-bond acceptors (Lipinski definition) is 3. The van der Waals surface area contributed by atoms with Gasteiger partial charge in [-0.15, -0.1) is 0 Å². The summed E-state index contributed by atoms with van der Waals surface area (Å²) in [6, 6.07) is 15.1. The fraction of sp³-hybridized carbons (Fsp3) is 0.316. The van der Waals surface area contributed by atoms with Crippen LogP contribution in [0.25, 0.3) is 0 Å². The van der Waals surface area contributed by atoms with Crippen molar-refractivity contribution in [3.8, 4) is 5.75 Å².